The molecule has 0 spiro atoms. The molecule has 2 aromatic heterocycles. The lowest BCUT2D eigenvalue weighted by atomic mass is 10.1. The SMILES string of the molecule is O=C1NCC=C(NNc2ccccn2)c2c1[nH]c1ccccc21. The van der Waals surface area contributed by atoms with Crippen LogP contribution in [0.15, 0.2) is 54.7 Å². The van der Waals surface area contributed by atoms with Crippen molar-refractivity contribution >= 4 is 28.3 Å². The third-order valence-electron chi connectivity index (χ3n) is 3.76. The molecule has 1 amide bonds. The Hall–Kier alpha value is -3.28. The molecular formula is C17H15N5O. The molecule has 23 heavy (non-hydrogen) atoms. The number of nitrogens with one attached hydrogen (secondary N) is 4. The summed E-state index contributed by atoms with van der Waals surface area (Å²) in [7, 11) is 0. The minimum absolute atomic E-state index is 0.109. The van der Waals surface area contributed by atoms with Gasteiger partial charge in [0, 0.05) is 29.2 Å². The number of anilines is 1. The molecule has 3 aromatic rings. The molecule has 6 nitrogen and oxygen atoms in total. The van der Waals surface area contributed by atoms with Gasteiger partial charge in [-0.25, -0.2) is 4.98 Å². The second-order valence-electron chi connectivity index (χ2n) is 5.21. The fourth-order valence-electron chi connectivity index (χ4n) is 2.71. The summed E-state index contributed by atoms with van der Waals surface area (Å²) < 4.78 is 0. The highest BCUT2D eigenvalue weighted by Gasteiger charge is 2.22. The van der Waals surface area contributed by atoms with Crippen LogP contribution in [-0.2, 0) is 0 Å². The van der Waals surface area contributed by atoms with Crippen molar-refractivity contribution in [3.8, 4) is 0 Å². The lowest BCUT2D eigenvalue weighted by molar-refractivity contribution is 0.0954. The Balaban J connectivity index is 1.74. The van der Waals surface area contributed by atoms with Crippen molar-refractivity contribution in [3.63, 3.8) is 0 Å². The van der Waals surface area contributed by atoms with E-state index in [1.54, 1.807) is 6.20 Å². The average molecular weight is 305 g/mol. The predicted molar refractivity (Wildman–Crippen MR) is 89.6 cm³/mol. The van der Waals surface area contributed by atoms with Gasteiger partial charge in [0.1, 0.15) is 11.5 Å². The first-order chi connectivity index (χ1) is 11.3. The molecule has 0 radical (unpaired) electrons. The molecule has 4 N–H and O–H groups in total. The normalized spacial score (nSPS) is 13.7. The summed E-state index contributed by atoms with van der Waals surface area (Å²) >= 11 is 0. The van der Waals surface area contributed by atoms with E-state index >= 15 is 0 Å². The Kier molecular flexibility index (Phi) is 3.20. The summed E-state index contributed by atoms with van der Waals surface area (Å²) in [6, 6.07) is 13.5. The molecule has 6 heteroatoms. The molecule has 0 bridgehead atoms. The van der Waals surface area contributed by atoms with E-state index in [1.165, 1.54) is 0 Å². The summed E-state index contributed by atoms with van der Waals surface area (Å²) in [6.07, 6.45) is 3.66. The van der Waals surface area contributed by atoms with Crippen molar-refractivity contribution in [2.24, 2.45) is 0 Å². The Morgan fingerprint density at radius 1 is 1.04 bits per heavy atom. The van der Waals surface area contributed by atoms with Crippen molar-refractivity contribution < 1.29 is 4.79 Å². The van der Waals surface area contributed by atoms with Crippen molar-refractivity contribution in [1.29, 1.82) is 0 Å². The molecule has 114 valence electrons. The number of nitrogens with zero attached hydrogens (tertiary/aromatic N) is 1. The Morgan fingerprint density at radius 2 is 1.91 bits per heavy atom. The molecule has 0 saturated carbocycles. The Bertz CT molecular complexity index is 898. The number of aromatic nitrogens is 2. The first-order valence-corrected chi connectivity index (χ1v) is 7.35. The zero-order valence-corrected chi connectivity index (χ0v) is 12.3. The van der Waals surface area contributed by atoms with Gasteiger partial charge in [0.25, 0.3) is 5.91 Å². The number of rotatable bonds is 3. The molecule has 1 aromatic carbocycles. The van der Waals surface area contributed by atoms with Crippen molar-refractivity contribution in [1.82, 2.24) is 20.7 Å². The summed E-state index contributed by atoms with van der Waals surface area (Å²) in [5.41, 5.74) is 9.43. The highest BCUT2D eigenvalue weighted by Crippen LogP contribution is 2.28. The Morgan fingerprint density at radius 3 is 2.78 bits per heavy atom. The number of pyridine rings is 1. The van der Waals surface area contributed by atoms with E-state index in [-0.39, 0.29) is 5.91 Å². The molecule has 0 fully saturated rings. The fraction of sp³-hybridized carbons (Fsp3) is 0.0588. The maximum Gasteiger partial charge on any atom is 0.268 e. The zero-order valence-electron chi connectivity index (χ0n) is 12.3. The maximum atomic E-state index is 12.3. The van der Waals surface area contributed by atoms with Crippen LogP contribution in [0.3, 0.4) is 0 Å². The van der Waals surface area contributed by atoms with E-state index in [1.807, 2.05) is 48.5 Å². The molecule has 0 atom stereocenters. The van der Waals surface area contributed by atoms with Gasteiger partial charge in [0.2, 0.25) is 0 Å². The number of H-pyrrole nitrogens is 1. The molecule has 0 saturated heterocycles. The van der Waals surface area contributed by atoms with Gasteiger partial charge in [-0.1, -0.05) is 24.3 Å². The Labute approximate surface area is 132 Å². The lowest BCUT2D eigenvalue weighted by Gasteiger charge is -2.12. The highest BCUT2D eigenvalue weighted by atomic mass is 16.1. The van der Waals surface area contributed by atoms with Crippen LogP contribution < -0.4 is 16.2 Å². The number of fused-ring (bicyclic) bond motifs is 3. The van der Waals surface area contributed by atoms with Crippen LogP contribution in [0, 0.1) is 0 Å². The van der Waals surface area contributed by atoms with Crippen molar-refractivity contribution in [3.05, 3.63) is 66.0 Å². The first kappa shape index (κ1) is 13.4. The average Bonchev–Trinajstić information content (AvgIpc) is 2.91. The second-order valence-corrected chi connectivity index (χ2v) is 5.21. The van der Waals surface area contributed by atoms with Gasteiger partial charge in [-0.05, 0) is 24.3 Å². The maximum absolute atomic E-state index is 12.3. The van der Waals surface area contributed by atoms with Gasteiger partial charge in [0.15, 0.2) is 0 Å². The van der Waals surface area contributed by atoms with Gasteiger partial charge in [-0.3, -0.25) is 15.6 Å². The van der Waals surface area contributed by atoms with Gasteiger partial charge >= 0.3 is 0 Å². The highest BCUT2D eigenvalue weighted by molar-refractivity contribution is 6.07. The van der Waals surface area contributed by atoms with Crippen LogP contribution in [-0.4, -0.2) is 22.4 Å². The number of hydrazine groups is 1. The number of benzene rings is 1. The summed E-state index contributed by atoms with van der Waals surface area (Å²) in [5.74, 6) is 0.598. The molecule has 4 rings (SSSR count). The third-order valence-corrected chi connectivity index (χ3v) is 3.76. The molecule has 3 heterocycles. The molecular weight excluding hydrogens is 290 g/mol. The second kappa shape index (κ2) is 5.49. The number of amides is 1. The zero-order chi connectivity index (χ0) is 15.6. The molecule has 0 unspecified atom stereocenters. The minimum atomic E-state index is -0.109. The lowest BCUT2D eigenvalue weighted by Crippen LogP contribution is -2.22. The number of carbonyl (C=O) groups excluding carboxylic acids is 1. The summed E-state index contributed by atoms with van der Waals surface area (Å²) in [5, 5.41) is 3.86. The van der Waals surface area contributed by atoms with Gasteiger partial charge in [-0.2, -0.15) is 0 Å². The number of aromatic amines is 1. The number of hydrogen-bond donors (Lipinski definition) is 4. The standard InChI is InChI=1S/C17H15N5O/c23-17-16-15(11-5-1-2-6-12(11)20-16)13(8-10-19-17)21-22-14-7-3-4-9-18-14/h1-9,20-21H,10H2,(H,18,22)(H,19,23). The van der Waals surface area contributed by atoms with Crippen LogP contribution in [0.25, 0.3) is 16.6 Å². The van der Waals surface area contributed by atoms with E-state index in [4.69, 9.17) is 0 Å². The van der Waals surface area contributed by atoms with Gasteiger partial charge in [-0.15, -0.1) is 0 Å². The topological polar surface area (TPSA) is 81.8 Å². The van der Waals surface area contributed by atoms with E-state index < -0.39 is 0 Å². The molecule has 1 aliphatic rings. The molecule has 1 aliphatic heterocycles. The predicted octanol–water partition coefficient (Wildman–Crippen LogP) is 2.26. The minimum Gasteiger partial charge on any atom is -0.350 e. The fourth-order valence-corrected chi connectivity index (χ4v) is 2.71. The smallest absolute Gasteiger partial charge is 0.268 e. The van der Waals surface area contributed by atoms with Crippen LogP contribution >= 0.6 is 0 Å². The summed E-state index contributed by atoms with van der Waals surface area (Å²) in [6.45, 7) is 0.460. The first-order valence-electron chi connectivity index (χ1n) is 7.35. The van der Waals surface area contributed by atoms with Gasteiger partial charge < -0.3 is 10.3 Å². The largest absolute Gasteiger partial charge is 0.350 e. The summed E-state index contributed by atoms with van der Waals surface area (Å²) in [4.78, 5) is 19.7. The van der Waals surface area contributed by atoms with E-state index in [0.29, 0.717) is 18.1 Å². The third kappa shape index (κ3) is 2.40. The van der Waals surface area contributed by atoms with E-state index in [0.717, 1.165) is 22.2 Å². The quantitative estimate of drug-likeness (QED) is 0.560. The van der Waals surface area contributed by atoms with E-state index in [9.17, 15) is 4.79 Å². The van der Waals surface area contributed by atoms with Gasteiger partial charge in [0.05, 0.1) is 5.70 Å². The monoisotopic (exact) mass is 305 g/mol. The van der Waals surface area contributed by atoms with Crippen LogP contribution in [0.4, 0.5) is 5.82 Å². The van der Waals surface area contributed by atoms with Crippen LogP contribution in [0.1, 0.15) is 16.1 Å². The number of hydrogen-bond acceptors (Lipinski definition) is 4. The van der Waals surface area contributed by atoms with Crippen molar-refractivity contribution in [2.45, 2.75) is 0 Å². The molecule has 0 aliphatic carbocycles. The van der Waals surface area contributed by atoms with Crippen LogP contribution in [0.2, 0.25) is 0 Å². The van der Waals surface area contributed by atoms with Crippen LogP contribution in [0.5, 0.6) is 0 Å². The number of carbonyl (C=O) groups is 1. The van der Waals surface area contributed by atoms with Crippen molar-refractivity contribution in [2.75, 3.05) is 12.0 Å². The number of para-hydroxylation sites is 1. The van der Waals surface area contributed by atoms with E-state index in [2.05, 4.69) is 26.1 Å².